The van der Waals surface area contributed by atoms with Gasteiger partial charge in [0.1, 0.15) is 0 Å². The van der Waals surface area contributed by atoms with Crippen LogP contribution in [0.25, 0.3) is 16.9 Å². The molecule has 0 fully saturated rings. The smallest absolute Gasteiger partial charge is 0.180 e. The number of hydrogen-bond donors (Lipinski definition) is 1. The molecule has 0 amide bonds. The lowest BCUT2D eigenvalue weighted by molar-refractivity contribution is 0.308. The lowest BCUT2D eigenvalue weighted by Crippen LogP contribution is -2.03. The molecule has 2 N–H and O–H groups in total. The molecule has 0 spiro atoms. The van der Waals surface area contributed by atoms with E-state index in [1.807, 2.05) is 40.9 Å². The summed E-state index contributed by atoms with van der Waals surface area (Å²) in [6.45, 7) is 3.35. The van der Waals surface area contributed by atoms with Crippen molar-refractivity contribution in [1.29, 1.82) is 0 Å². The molecule has 2 heterocycles. The molecule has 23 heavy (non-hydrogen) atoms. The minimum absolute atomic E-state index is 0.435. The number of nitrogens with zero attached hydrogens (tertiary/aromatic N) is 2. The zero-order valence-corrected chi connectivity index (χ0v) is 13.5. The summed E-state index contributed by atoms with van der Waals surface area (Å²) in [4.78, 5) is 4.81. The number of imidazole rings is 1. The molecule has 1 aromatic carbocycles. The van der Waals surface area contributed by atoms with Crippen molar-refractivity contribution in [3.05, 3.63) is 54.4 Å². The maximum Gasteiger partial charge on any atom is 0.180 e. The minimum atomic E-state index is 0.435. The van der Waals surface area contributed by atoms with Gasteiger partial charge in [0.05, 0.1) is 18.0 Å². The number of nitrogens with two attached hydrogens (primary N) is 1. The van der Waals surface area contributed by atoms with Gasteiger partial charge in [0.25, 0.3) is 0 Å². The first kappa shape index (κ1) is 15.6. The summed E-state index contributed by atoms with van der Waals surface area (Å²) in [5.74, 6) is 0.820. The Labute approximate surface area is 136 Å². The van der Waals surface area contributed by atoms with E-state index in [2.05, 4.69) is 19.1 Å². The van der Waals surface area contributed by atoms with E-state index in [0.29, 0.717) is 6.54 Å². The molecule has 3 aromatic rings. The number of aromatic nitrogens is 2. The fourth-order valence-electron chi connectivity index (χ4n) is 2.76. The number of pyridine rings is 1. The van der Waals surface area contributed by atoms with Crippen molar-refractivity contribution >= 4 is 5.65 Å². The predicted molar refractivity (Wildman–Crippen MR) is 93.5 cm³/mol. The summed E-state index contributed by atoms with van der Waals surface area (Å²) in [6, 6.07) is 14.1. The van der Waals surface area contributed by atoms with Crippen molar-refractivity contribution in [2.24, 2.45) is 5.73 Å². The fourth-order valence-corrected chi connectivity index (χ4v) is 2.76. The normalized spacial score (nSPS) is 11.0. The standard InChI is InChI=1S/C19H23N3O/c1-2-3-7-13-23-17-11-8-12-22-16(14-20)18(21-19(17)22)15-9-5-4-6-10-15/h4-6,8-12H,2-3,7,13-14,20H2,1H3. The van der Waals surface area contributed by atoms with Crippen LogP contribution in [0.4, 0.5) is 0 Å². The third kappa shape index (κ3) is 3.22. The largest absolute Gasteiger partial charge is 0.490 e. The Morgan fingerprint density at radius 1 is 1.09 bits per heavy atom. The lowest BCUT2D eigenvalue weighted by atomic mass is 10.1. The quantitative estimate of drug-likeness (QED) is 0.670. The molecule has 120 valence electrons. The molecule has 0 radical (unpaired) electrons. The van der Waals surface area contributed by atoms with Gasteiger partial charge in [-0.15, -0.1) is 0 Å². The van der Waals surface area contributed by atoms with Crippen LogP contribution in [-0.2, 0) is 6.54 Å². The van der Waals surface area contributed by atoms with Crippen LogP contribution >= 0.6 is 0 Å². The van der Waals surface area contributed by atoms with Crippen LogP contribution in [0.5, 0.6) is 5.75 Å². The van der Waals surface area contributed by atoms with Crippen LogP contribution in [0.15, 0.2) is 48.7 Å². The van der Waals surface area contributed by atoms with Crippen LogP contribution in [0.3, 0.4) is 0 Å². The Hall–Kier alpha value is -2.33. The van der Waals surface area contributed by atoms with Crippen LogP contribution in [-0.4, -0.2) is 16.0 Å². The number of unbranched alkanes of at least 4 members (excludes halogenated alkanes) is 2. The predicted octanol–water partition coefficient (Wildman–Crippen LogP) is 4.03. The van der Waals surface area contributed by atoms with Crippen molar-refractivity contribution in [2.45, 2.75) is 32.7 Å². The fraction of sp³-hybridized carbons (Fsp3) is 0.316. The van der Waals surface area contributed by atoms with Crippen molar-refractivity contribution < 1.29 is 4.74 Å². The summed E-state index contributed by atoms with van der Waals surface area (Å²) in [6.07, 6.45) is 5.43. The SMILES string of the molecule is CCCCCOc1cccn2c(CN)c(-c3ccccc3)nc12. The van der Waals surface area contributed by atoms with E-state index in [4.69, 9.17) is 15.5 Å². The van der Waals surface area contributed by atoms with Crippen LogP contribution in [0, 0.1) is 0 Å². The summed E-state index contributed by atoms with van der Waals surface area (Å²) < 4.78 is 7.99. The average molecular weight is 309 g/mol. The summed E-state index contributed by atoms with van der Waals surface area (Å²) in [5, 5.41) is 0. The van der Waals surface area contributed by atoms with Crippen LogP contribution < -0.4 is 10.5 Å². The van der Waals surface area contributed by atoms with E-state index in [1.165, 1.54) is 12.8 Å². The molecule has 0 bridgehead atoms. The summed E-state index contributed by atoms with van der Waals surface area (Å²) in [5.41, 5.74) is 9.83. The molecule has 0 saturated heterocycles. The zero-order valence-electron chi connectivity index (χ0n) is 13.5. The highest BCUT2D eigenvalue weighted by molar-refractivity contribution is 5.69. The Kier molecular flexibility index (Phi) is 4.93. The van der Waals surface area contributed by atoms with E-state index in [9.17, 15) is 0 Å². The van der Waals surface area contributed by atoms with Crippen molar-refractivity contribution in [2.75, 3.05) is 6.61 Å². The van der Waals surface area contributed by atoms with E-state index in [-0.39, 0.29) is 0 Å². The molecule has 4 nitrogen and oxygen atoms in total. The van der Waals surface area contributed by atoms with E-state index >= 15 is 0 Å². The van der Waals surface area contributed by atoms with Crippen molar-refractivity contribution in [3.8, 4) is 17.0 Å². The molecule has 3 rings (SSSR count). The lowest BCUT2D eigenvalue weighted by Gasteiger charge is -2.07. The number of ether oxygens (including phenoxy) is 1. The molecule has 0 atom stereocenters. The summed E-state index contributed by atoms with van der Waals surface area (Å²) in [7, 11) is 0. The molecule has 0 saturated carbocycles. The van der Waals surface area contributed by atoms with Gasteiger partial charge in [0.2, 0.25) is 0 Å². The van der Waals surface area contributed by atoms with Crippen molar-refractivity contribution in [3.63, 3.8) is 0 Å². The Morgan fingerprint density at radius 3 is 2.65 bits per heavy atom. The number of benzene rings is 1. The van der Waals surface area contributed by atoms with E-state index in [1.54, 1.807) is 0 Å². The van der Waals surface area contributed by atoms with Crippen LogP contribution in [0.2, 0.25) is 0 Å². The number of fused-ring (bicyclic) bond motifs is 1. The second-order valence-electron chi connectivity index (χ2n) is 5.60. The Balaban J connectivity index is 2.00. The summed E-state index contributed by atoms with van der Waals surface area (Å²) >= 11 is 0. The van der Waals surface area contributed by atoms with E-state index in [0.717, 1.165) is 41.4 Å². The average Bonchev–Trinajstić information content (AvgIpc) is 2.99. The van der Waals surface area contributed by atoms with Gasteiger partial charge in [-0.05, 0) is 18.6 Å². The zero-order chi connectivity index (χ0) is 16.1. The highest BCUT2D eigenvalue weighted by Gasteiger charge is 2.15. The molecule has 0 aliphatic carbocycles. The van der Waals surface area contributed by atoms with Gasteiger partial charge in [-0.2, -0.15) is 0 Å². The van der Waals surface area contributed by atoms with Crippen LogP contribution in [0.1, 0.15) is 31.9 Å². The van der Waals surface area contributed by atoms with Gasteiger partial charge >= 0.3 is 0 Å². The maximum atomic E-state index is 5.99. The number of hydrogen-bond acceptors (Lipinski definition) is 3. The molecule has 0 unspecified atom stereocenters. The van der Waals surface area contributed by atoms with Crippen molar-refractivity contribution in [1.82, 2.24) is 9.38 Å². The van der Waals surface area contributed by atoms with Gasteiger partial charge in [0.15, 0.2) is 11.4 Å². The highest BCUT2D eigenvalue weighted by atomic mass is 16.5. The number of rotatable bonds is 7. The molecule has 0 aliphatic heterocycles. The Bertz CT molecular complexity index is 765. The maximum absolute atomic E-state index is 5.99. The molecular formula is C19H23N3O. The molecule has 2 aromatic heterocycles. The van der Waals surface area contributed by atoms with Gasteiger partial charge < -0.3 is 10.5 Å². The van der Waals surface area contributed by atoms with Gasteiger partial charge in [-0.25, -0.2) is 4.98 Å². The van der Waals surface area contributed by atoms with E-state index < -0.39 is 0 Å². The van der Waals surface area contributed by atoms with Gasteiger partial charge in [-0.3, -0.25) is 4.40 Å². The molecular weight excluding hydrogens is 286 g/mol. The molecule has 4 heteroatoms. The second-order valence-corrected chi connectivity index (χ2v) is 5.60. The van der Waals surface area contributed by atoms with Gasteiger partial charge in [0, 0.05) is 18.3 Å². The third-order valence-electron chi connectivity index (χ3n) is 3.96. The van der Waals surface area contributed by atoms with Gasteiger partial charge in [-0.1, -0.05) is 50.1 Å². The third-order valence-corrected chi connectivity index (χ3v) is 3.96. The Morgan fingerprint density at radius 2 is 1.91 bits per heavy atom. The second kappa shape index (κ2) is 7.29. The highest BCUT2D eigenvalue weighted by Crippen LogP contribution is 2.28. The monoisotopic (exact) mass is 309 g/mol. The molecule has 0 aliphatic rings. The topological polar surface area (TPSA) is 52.5 Å². The minimum Gasteiger partial charge on any atom is -0.490 e. The first-order valence-corrected chi connectivity index (χ1v) is 8.23. The first-order chi connectivity index (χ1) is 11.3. The first-order valence-electron chi connectivity index (χ1n) is 8.23.